The molecule has 0 unspecified atom stereocenters. The number of sulfone groups is 1. The lowest BCUT2D eigenvalue weighted by atomic mass is 10.1. The fourth-order valence-corrected chi connectivity index (χ4v) is 5.77. The molecule has 0 aliphatic carbocycles. The van der Waals surface area contributed by atoms with Gasteiger partial charge in [-0.15, -0.1) is 0 Å². The van der Waals surface area contributed by atoms with Crippen LogP contribution >= 0.6 is 11.6 Å². The Labute approximate surface area is 206 Å². The van der Waals surface area contributed by atoms with Crippen molar-refractivity contribution in [3.05, 3.63) is 71.4 Å². The highest BCUT2D eigenvalue weighted by Crippen LogP contribution is 2.31. The van der Waals surface area contributed by atoms with Crippen LogP contribution in [0.3, 0.4) is 0 Å². The van der Waals surface area contributed by atoms with Crippen LogP contribution in [0.25, 0.3) is 22.6 Å². The number of amides is 1. The van der Waals surface area contributed by atoms with Crippen LogP contribution in [0, 0.1) is 0 Å². The molecule has 2 aromatic heterocycles. The van der Waals surface area contributed by atoms with Crippen LogP contribution in [-0.2, 0) is 9.84 Å². The predicted molar refractivity (Wildman–Crippen MR) is 131 cm³/mol. The second kappa shape index (κ2) is 9.20. The summed E-state index contributed by atoms with van der Waals surface area (Å²) in [5.74, 6) is 1.04. The number of nitrogens with zero attached hydrogens (tertiary/aromatic N) is 3. The van der Waals surface area contributed by atoms with E-state index in [1.54, 1.807) is 54.3 Å². The molecule has 0 radical (unpaired) electrons. The number of rotatable bonds is 6. The maximum absolute atomic E-state index is 13.0. The molecule has 35 heavy (non-hydrogen) atoms. The number of benzene rings is 2. The first-order valence-corrected chi connectivity index (χ1v) is 13.0. The third-order valence-corrected chi connectivity index (χ3v) is 7.79. The van der Waals surface area contributed by atoms with Crippen LogP contribution in [0.1, 0.15) is 23.0 Å². The minimum Gasteiger partial charge on any atom is -0.497 e. The van der Waals surface area contributed by atoms with E-state index in [1.807, 2.05) is 12.1 Å². The Kier molecular flexibility index (Phi) is 6.08. The van der Waals surface area contributed by atoms with Crippen LogP contribution in [0.4, 0.5) is 5.82 Å². The van der Waals surface area contributed by atoms with E-state index in [1.165, 1.54) is 6.07 Å². The number of hydrogen-bond acceptors (Lipinski definition) is 7. The molecule has 0 spiro atoms. The maximum atomic E-state index is 13.0. The average Bonchev–Trinajstić information content (AvgIpc) is 3.58. The minimum atomic E-state index is -3.16. The number of carbonyl (C=O) groups excluding carboxylic acids is 1. The molecule has 11 heteroatoms. The molecule has 1 atom stereocenters. The summed E-state index contributed by atoms with van der Waals surface area (Å²) in [4.78, 5) is 13.0. The Morgan fingerprint density at radius 1 is 1.11 bits per heavy atom. The predicted octanol–water partition coefficient (Wildman–Crippen LogP) is 4.48. The number of nitrogens with one attached hydrogen (secondary N) is 1. The highest BCUT2D eigenvalue weighted by atomic mass is 35.5. The normalized spacial score (nSPS) is 16.8. The molecule has 1 aliphatic rings. The van der Waals surface area contributed by atoms with Gasteiger partial charge in [-0.25, -0.2) is 13.1 Å². The molecule has 180 valence electrons. The van der Waals surface area contributed by atoms with Gasteiger partial charge in [-0.3, -0.25) is 4.79 Å². The molecular formula is C24H21ClN4O5S. The van der Waals surface area contributed by atoms with Crippen molar-refractivity contribution >= 4 is 33.2 Å². The van der Waals surface area contributed by atoms with Crippen LogP contribution in [0.15, 0.2) is 65.2 Å². The van der Waals surface area contributed by atoms with Crippen molar-refractivity contribution in [3.8, 4) is 28.3 Å². The zero-order chi connectivity index (χ0) is 24.6. The number of aromatic nitrogens is 3. The molecular weight excluding hydrogens is 492 g/mol. The number of carbonyl (C=O) groups is 1. The lowest BCUT2D eigenvalue weighted by molar-refractivity contribution is 0.101. The average molecular weight is 513 g/mol. The molecule has 4 aromatic rings. The van der Waals surface area contributed by atoms with Crippen molar-refractivity contribution in [1.29, 1.82) is 0 Å². The van der Waals surface area contributed by atoms with Gasteiger partial charge in [-0.05, 0) is 42.8 Å². The van der Waals surface area contributed by atoms with Crippen molar-refractivity contribution in [3.63, 3.8) is 0 Å². The number of anilines is 1. The SMILES string of the molecule is COc1ccc(-c2cc(C(=O)Nc3cc(-c4ccc(Cl)cc4)nn3[C@H]3CCS(=O)(=O)C3)no2)cc1. The highest BCUT2D eigenvalue weighted by molar-refractivity contribution is 7.91. The van der Waals surface area contributed by atoms with E-state index < -0.39 is 15.7 Å². The Bertz CT molecular complexity index is 1480. The highest BCUT2D eigenvalue weighted by Gasteiger charge is 2.32. The first kappa shape index (κ1) is 23.1. The summed E-state index contributed by atoms with van der Waals surface area (Å²) in [6.07, 6.45) is 0.415. The molecule has 1 N–H and O–H groups in total. The standard InChI is InChI=1S/C24H21ClN4O5S/c1-33-19-8-4-16(5-9-19)22-12-21(28-34-22)24(30)26-23-13-20(15-2-6-17(25)7-3-15)27-29(23)18-10-11-35(31,32)14-18/h2-9,12-13,18H,10-11,14H2,1H3,(H,26,30)/t18-/m0/s1. The van der Waals surface area contributed by atoms with Gasteiger partial charge in [0.1, 0.15) is 11.6 Å². The van der Waals surface area contributed by atoms with Crippen molar-refractivity contribution in [2.75, 3.05) is 23.9 Å². The molecule has 9 nitrogen and oxygen atoms in total. The number of halogens is 1. The van der Waals surface area contributed by atoms with Gasteiger partial charge in [-0.2, -0.15) is 5.10 Å². The van der Waals surface area contributed by atoms with Crippen molar-refractivity contribution < 1.29 is 22.5 Å². The summed E-state index contributed by atoms with van der Waals surface area (Å²) < 4.78 is 36.3. The first-order chi connectivity index (χ1) is 16.8. The van der Waals surface area contributed by atoms with Crippen LogP contribution in [0.2, 0.25) is 5.02 Å². The minimum absolute atomic E-state index is 0.0385. The van der Waals surface area contributed by atoms with E-state index in [0.29, 0.717) is 34.5 Å². The second-order valence-electron chi connectivity index (χ2n) is 8.18. The third-order valence-electron chi connectivity index (χ3n) is 5.79. The largest absolute Gasteiger partial charge is 0.497 e. The van der Waals surface area contributed by atoms with E-state index in [4.69, 9.17) is 20.9 Å². The van der Waals surface area contributed by atoms with Gasteiger partial charge in [0.25, 0.3) is 5.91 Å². The summed E-state index contributed by atoms with van der Waals surface area (Å²) in [5, 5.41) is 11.9. The fourth-order valence-electron chi connectivity index (χ4n) is 3.95. The Balaban J connectivity index is 1.43. The topological polar surface area (TPSA) is 116 Å². The summed E-state index contributed by atoms with van der Waals surface area (Å²) in [6.45, 7) is 0. The quantitative estimate of drug-likeness (QED) is 0.405. The van der Waals surface area contributed by atoms with Crippen LogP contribution < -0.4 is 10.1 Å². The first-order valence-electron chi connectivity index (χ1n) is 10.8. The number of methoxy groups -OCH3 is 1. The summed E-state index contributed by atoms with van der Waals surface area (Å²) in [5.41, 5.74) is 2.19. The third kappa shape index (κ3) is 4.94. The lowest BCUT2D eigenvalue weighted by Crippen LogP contribution is -2.19. The zero-order valence-electron chi connectivity index (χ0n) is 18.6. The van der Waals surface area contributed by atoms with Crippen LogP contribution in [-0.4, -0.2) is 47.9 Å². The molecule has 1 amide bonds. The lowest BCUT2D eigenvalue weighted by Gasteiger charge is -2.13. The molecule has 3 heterocycles. The second-order valence-corrected chi connectivity index (χ2v) is 10.8. The zero-order valence-corrected chi connectivity index (χ0v) is 20.2. The van der Waals surface area contributed by atoms with Gasteiger partial charge in [0, 0.05) is 28.3 Å². The summed E-state index contributed by atoms with van der Waals surface area (Å²) in [7, 11) is -1.58. The van der Waals surface area contributed by atoms with Crippen molar-refractivity contribution in [2.45, 2.75) is 12.5 Å². The van der Waals surface area contributed by atoms with Crippen LogP contribution in [0.5, 0.6) is 5.75 Å². The molecule has 1 fully saturated rings. The number of ether oxygens (including phenoxy) is 1. The van der Waals surface area contributed by atoms with Crippen molar-refractivity contribution in [2.24, 2.45) is 0 Å². The molecule has 2 aromatic carbocycles. The summed E-state index contributed by atoms with van der Waals surface area (Å²) >= 11 is 6.00. The maximum Gasteiger partial charge on any atom is 0.279 e. The number of hydrogen-bond donors (Lipinski definition) is 1. The van der Waals surface area contributed by atoms with E-state index in [0.717, 1.165) is 11.1 Å². The van der Waals surface area contributed by atoms with Gasteiger partial charge in [-0.1, -0.05) is 28.9 Å². The Morgan fingerprint density at radius 3 is 2.49 bits per heavy atom. The van der Waals surface area contributed by atoms with Gasteiger partial charge in [0.2, 0.25) is 0 Å². The van der Waals surface area contributed by atoms with E-state index in [2.05, 4.69) is 15.6 Å². The van der Waals surface area contributed by atoms with Gasteiger partial charge in [0.15, 0.2) is 21.3 Å². The van der Waals surface area contributed by atoms with E-state index in [9.17, 15) is 13.2 Å². The smallest absolute Gasteiger partial charge is 0.279 e. The Hall–Kier alpha value is -3.63. The monoisotopic (exact) mass is 512 g/mol. The van der Waals surface area contributed by atoms with E-state index >= 15 is 0 Å². The fraction of sp³-hybridized carbons (Fsp3) is 0.208. The Morgan fingerprint density at radius 2 is 1.83 bits per heavy atom. The molecule has 1 aliphatic heterocycles. The summed E-state index contributed by atoms with van der Waals surface area (Å²) in [6, 6.07) is 17.1. The molecule has 0 bridgehead atoms. The van der Waals surface area contributed by atoms with Gasteiger partial charge >= 0.3 is 0 Å². The van der Waals surface area contributed by atoms with Gasteiger partial charge in [0.05, 0.1) is 30.4 Å². The van der Waals surface area contributed by atoms with Crippen molar-refractivity contribution in [1.82, 2.24) is 14.9 Å². The van der Waals surface area contributed by atoms with E-state index in [-0.39, 0.29) is 23.2 Å². The molecule has 5 rings (SSSR count). The van der Waals surface area contributed by atoms with Gasteiger partial charge < -0.3 is 14.6 Å². The molecule has 0 saturated carbocycles. The molecule has 1 saturated heterocycles.